The summed E-state index contributed by atoms with van der Waals surface area (Å²) >= 11 is 5.54. The van der Waals surface area contributed by atoms with Crippen LogP contribution in [0.3, 0.4) is 0 Å². The Balaban J connectivity index is 1.39. The zero-order valence-electron chi connectivity index (χ0n) is 21.1. The fourth-order valence-corrected chi connectivity index (χ4v) is 5.63. The van der Waals surface area contributed by atoms with Crippen LogP contribution >= 0.6 is 12.2 Å². The van der Waals surface area contributed by atoms with Crippen LogP contribution in [0.15, 0.2) is 30.5 Å². The molecular weight excluding hydrogens is 552 g/mol. The van der Waals surface area contributed by atoms with Crippen molar-refractivity contribution in [1.82, 2.24) is 15.2 Å². The lowest BCUT2D eigenvalue weighted by Crippen LogP contribution is -2.55. The van der Waals surface area contributed by atoms with Crippen LogP contribution in [0.1, 0.15) is 40.9 Å². The number of nitrogens with one attached hydrogen (secondary N) is 1. The number of ether oxygens (including phenoxy) is 1. The molecule has 2 aliphatic heterocycles. The zero-order valence-corrected chi connectivity index (χ0v) is 21.9. The van der Waals surface area contributed by atoms with E-state index in [1.807, 2.05) is 0 Å². The molecular formula is C26H24F4N6O3S. The third-order valence-corrected chi connectivity index (χ3v) is 7.77. The lowest BCUT2D eigenvalue weighted by atomic mass is 9.75. The highest BCUT2D eigenvalue weighted by Gasteiger charge is 2.60. The number of thiocarbonyl (C=S) groups is 1. The fraction of sp³-hybridized carbons (Fsp3) is 0.423. The third-order valence-electron chi connectivity index (χ3n) is 7.41. The summed E-state index contributed by atoms with van der Waals surface area (Å²) in [7, 11) is 0. The van der Waals surface area contributed by atoms with Crippen LogP contribution in [0.25, 0.3) is 0 Å². The molecule has 1 aliphatic carbocycles. The highest BCUT2D eigenvalue weighted by atomic mass is 32.1. The Bertz CT molecular complexity index is 1400. The number of nitriles is 1. The van der Waals surface area contributed by atoms with Crippen LogP contribution in [0.5, 0.6) is 0 Å². The van der Waals surface area contributed by atoms with E-state index in [-0.39, 0.29) is 22.1 Å². The molecule has 0 radical (unpaired) electrons. The number of alkyl halides is 3. The summed E-state index contributed by atoms with van der Waals surface area (Å²) in [6.07, 6.45) is -2.54. The van der Waals surface area contributed by atoms with Crippen molar-refractivity contribution in [2.45, 2.75) is 31.0 Å². The number of hydrogen-bond donors (Lipinski definition) is 1. The van der Waals surface area contributed by atoms with Gasteiger partial charge in [-0.25, -0.2) is 9.37 Å². The number of aromatic nitrogens is 1. The van der Waals surface area contributed by atoms with E-state index in [0.29, 0.717) is 51.6 Å². The predicted molar refractivity (Wildman–Crippen MR) is 139 cm³/mol. The number of rotatable bonds is 6. The molecule has 0 bridgehead atoms. The van der Waals surface area contributed by atoms with Crippen LogP contribution < -0.4 is 15.1 Å². The number of pyridine rings is 1. The lowest BCUT2D eigenvalue weighted by molar-refractivity contribution is -0.138. The highest BCUT2D eigenvalue weighted by Crippen LogP contribution is 2.48. The van der Waals surface area contributed by atoms with Gasteiger partial charge in [0.25, 0.3) is 11.8 Å². The predicted octanol–water partition coefficient (Wildman–Crippen LogP) is 3.23. The molecule has 14 heteroatoms. The molecule has 1 aromatic heterocycles. The number of halogens is 4. The Morgan fingerprint density at radius 1 is 1.20 bits per heavy atom. The average molecular weight is 577 g/mol. The first kappa shape index (κ1) is 27.9. The minimum absolute atomic E-state index is 0.147. The topological polar surface area (TPSA) is 102 Å². The number of anilines is 2. The molecule has 5 rings (SSSR count). The maximum Gasteiger partial charge on any atom is 0.419 e. The van der Waals surface area contributed by atoms with Crippen LogP contribution in [0.4, 0.5) is 28.9 Å². The van der Waals surface area contributed by atoms with Crippen molar-refractivity contribution in [3.8, 4) is 6.07 Å². The Kier molecular flexibility index (Phi) is 7.47. The van der Waals surface area contributed by atoms with E-state index in [1.165, 1.54) is 23.1 Å². The van der Waals surface area contributed by atoms with E-state index in [2.05, 4.69) is 15.2 Å². The molecule has 3 heterocycles. The third kappa shape index (κ3) is 4.89. The van der Waals surface area contributed by atoms with Gasteiger partial charge in [-0.15, -0.1) is 0 Å². The highest BCUT2D eigenvalue weighted by molar-refractivity contribution is 7.81. The van der Waals surface area contributed by atoms with E-state index in [0.717, 1.165) is 30.3 Å². The standard InChI is InChI=1S/C26H24F4N6O3S/c27-20-13-16(2-3-18(20)22(37)32-6-7-34-8-10-39-11-9-34)36-24(40)35(23(38)25(36)4-1-5-25)17-12-19(26(28,29)30)21(14-31)33-15-17/h2-3,12-13,15H,1,4-11H2,(H,32,37). The quantitative estimate of drug-likeness (QED) is 0.413. The van der Waals surface area contributed by atoms with Crippen LogP contribution in [0, 0.1) is 17.1 Å². The van der Waals surface area contributed by atoms with Gasteiger partial charge >= 0.3 is 6.18 Å². The summed E-state index contributed by atoms with van der Waals surface area (Å²) < 4.78 is 61.2. The Hall–Kier alpha value is -3.67. The molecule has 3 aliphatic rings. The molecule has 2 amide bonds. The number of benzene rings is 1. The van der Waals surface area contributed by atoms with Crippen LogP contribution in [-0.2, 0) is 15.7 Å². The summed E-state index contributed by atoms with van der Waals surface area (Å²) in [5, 5.41) is 11.6. The first-order valence-electron chi connectivity index (χ1n) is 12.6. The first-order valence-corrected chi connectivity index (χ1v) is 13.0. The summed E-state index contributed by atoms with van der Waals surface area (Å²) in [5.74, 6) is -1.99. The molecule has 2 saturated heterocycles. The van der Waals surface area contributed by atoms with Gasteiger partial charge in [-0.05, 0) is 55.7 Å². The van der Waals surface area contributed by atoms with E-state index < -0.39 is 40.6 Å². The number of hydrogen-bond acceptors (Lipinski definition) is 7. The van der Waals surface area contributed by atoms with Gasteiger partial charge in [0.1, 0.15) is 17.4 Å². The van der Waals surface area contributed by atoms with Gasteiger partial charge in [-0.3, -0.25) is 19.4 Å². The van der Waals surface area contributed by atoms with E-state index >= 15 is 4.39 Å². The smallest absolute Gasteiger partial charge is 0.379 e. The maximum absolute atomic E-state index is 15.2. The fourth-order valence-electron chi connectivity index (χ4n) is 5.16. The molecule has 40 heavy (non-hydrogen) atoms. The molecule has 1 N–H and O–H groups in total. The van der Waals surface area contributed by atoms with Crippen molar-refractivity contribution in [2.75, 3.05) is 49.2 Å². The summed E-state index contributed by atoms with van der Waals surface area (Å²) in [6.45, 7) is 3.66. The van der Waals surface area contributed by atoms with Crippen molar-refractivity contribution < 1.29 is 31.9 Å². The number of carbonyl (C=O) groups is 2. The average Bonchev–Trinajstić information content (AvgIpc) is 3.14. The Morgan fingerprint density at radius 2 is 1.93 bits per heavy atom. The van der Waals surface area contributed by atoms with Crippen LogP contribution in [-0.4, -0.2) is 71.7 Å². The van der Waals surface area contributed by atoms with E-state index in [4.69, 9.17) is 22.2 Å². The molecule has 2 aromatic rings. The van der Waals surface area contributed by atoms with Crippen molar-refractivity contribution in [2.24, 2.45) is 0 Å². The van der Waals surface area contributed by atoms with Gasteiger partial charge in [0, 0.05) is 31.9 Å². The summed E-state index contributed by atoms with van der Waals surface area (Å²) in [6, 6.07) is 5.92. The Morgan fingerprint density at radius 3 is 2.52 bits per heavy atom. The normalized spacial score (nSPS) is 19.1. The van der Waals surface area contributed by atoms with Crippen molar-refractivity contribution in [3.05, 3.63) is 53.1 Å². The van der Waals surface area contributed by atoms with Gasteiger partial charge in [0.2, 0.25) is 0 Å². The van der Waals surface area contributed by atoms with Crippen LogP contribution in [0.2, 0.25) is 0 Å². The largest absolute Gasteiger partial charge is 0.419 e. The molecule has 1 aromatic carbocycles. The van der Waals surface area contributed by atoms with Gasteiger partial charge < -0.3 is 15.0 Å². The maximum atomic E-state index is 15.2. The molecule has 9 nitrogen and oxygen atoms in total. The molecule has 3 fully saturated rings. The van der Waals surface area contributed by atoms with Gasteiger partial charge in [0.05, 0.1) is 36.2 Å². The first-order chi connectivity index (χ1) is 19.1. The molecule has 1 spiro atoms. The van der Waals surface area contributed by atoms with Crippen molar-refractivity contribution >= 4 is 40.5 Å². The number of morpholine rings is 1. The second kappa shape index (κ2) is 10.7. The minimum Gasteiger partial charge on any atom is -0.379 e. The number of carbonyl (C=O) groups excluding carboxylic acids is 2. The van der Waals surface area contributed by atoms with Crippen molar-refractivity contribution in [3.63, 3.8) is 0 Å². The second-order valence-corrected chi connectivity index (χ2v) is 10.1. The SMILES string of the molecule is N#Cc1ncc(N2C(=O)C3(CCC3)N(c3ccc(C(=O)NCCN4CCOCC4)c(F)c3)C2=S)cc1C(F)(F)F. The summed E-state index contributed by atoms with van der Waals surface area (Å²) in [4.78, 5) is 34.3. The second-order valence-electron chi connectivity index (χ2n) is 9.72. The van der Waals surface area contributed by atoms with E-state index in [9.17, 15) is 22.8 Å². The van der Waals surface area contributed by atoms with Gasteiger partial charge in [-0.2, -0.15) is 18.4 Å². The minimum atomic E-state index is -4.88. The van der Waals surface area contributed by atoms with Gasteiger partial charge in [0.15, 0.2) is 10.8 Å². The van der Waals surface area contributed by atoms with Gasteiger partial charge in [-0.1, -0.05) is 0 Å². The monoisotopic (exact) mass is 576 g/mol. The molecule has 1 saturated carbocycles. The van der Waals surface area contributed by atoms with E-state index in [1.54, 1.807) is 0 Å². The molecule has 210 valence electrons. The number of nitrogens with zero attached hydrogens (tertiary/aromatic N) is 5. The zero-order chi connectivity index (χ0) is 28.7. The molecule has 0 unspecified atom stereocenters. The number of amides is 2. The molecule has 0 atom stereocenters. The van der Waals surface area contributed by atoms with Crippen molar-refractivity contribution in [1.29, 1.82) is 5.26 Å². The summed E-state index contributed by atoms with van der Waals surface area (Å²) in [5.41, 5.74) is -3.55. The Labute approximate surface area is 232 Å². The lowest BCUT2D eigenvalue weighted by Gasteiger charge is -2.43.